The summed E-state index contributed by atoms with van der Waals surface area (Å²) in [5, 5.41) is 5.46. The molecule has 1 aromatic carbocycles. The average molecular weight is 292 g/mol. The number of hydrogen-bond donors (Lipinski definition) is 4. The lowest BCUT2D eigenvalue weighted by molar-refractivity contribution is -0.130. The van der Waals surface area contributed by atoms with Gasteiger partial charge in [-0.2, -0.15) is 0 Å². The zero-order chi connectivity index (χ0) is 16.0. The summed E-state index contributed by atoms with van der Waals surface area (Å²) in [4.78, 5) is 23.0. The molecule has 6 heteroatoms. The van der Waals surface area contributed by atoms with Gasteiger partial charge in [0.15, 0.2) is 0 Å². The molecule has 0 aromatic heterocycles. The lowest BCUT2D eigenvalue weighted by Crippen LogP contribution is -2.44. The second kappa shape index (κ2) is 7.08. The highest BCUT2D eigenvalue weighted by molar-refractivity contribution is 5.87. The highest BCUT2D eigenvalue weighted by Crippen LogP contribution is 2.22. The summed E-state index contributed by atoms with van der Waals surface area (Å²) in [6, 6.07) is 6.41. The first-order valence-corrected chi connectivity index (χ1v) is 7.00. The average Bonchev–Trinajstić information content (AvgIpc) is 2.46. The van der Waals surface area contributed by atoms with Crippen LogP contribution in [0.25, 0.3) is 0 Å². The van der Waals surface area contributed by atoms with E-state index in [2.05, 4.69) is 10.6 Å². The van der Waals surface area contributed by atoms with Crippen LogP contribution in [0.15, 0.2) is 24.3 Å². The molecule has 0 fully saturated rings. The molecule has 2 atom stereocenters. The number of anilines is 1. The summed E-state index contributed by atoms with van der Waals surface area (Å²) in [7, 11) is 0. The van der Waals surface area contributed by atoms with Crippen LogP contribution in [-0.2, 0) is 4.79 Å². The number of carbonyl (C=O) groups is 2. The summed E-state index contributed by atoms with van der Waals surface area (Å²) >= 11 is 0. The van der Waals surface area contributed by atoms with Gasteiger partial charge >= 0.3 is 6.03 Å². The van der Waals surface area contributed by atoms with E-state index in [1.165, 1.54) is 0 Å². The summed E-state index contributed by atoms with van der Waals surface area (Å²) < 4.78 is 0. The number of primary amides is 1. The molecule has 21 heavy (non-hydrogen) atoms. The highest BCUT2D eigenvalue weighted by Gasteiger charge is 2.30. The number of urea groups is 1. The Morgan fingerprint density at radius 3 is 2.29 bits per heavy atom. The summed E-state index contributed by atoms with van der Waals surface area (Å²) in [5.41, 5.74) is 11.7. The topological polar surface area (TPSA) is 110 Å². The fourth-order valence-corrected chi connectivity index (χ4v) is 1.85. The Balaban J connectivity index is 2.73. The van der Waals surface area contributed by atoms with Crippen LogP contribution in [0.2, 0.25) is 0 Å². The molecule has 0 aliphatic carbocycles. The smallest absolute Gasteiger partial charge is 0.316 e. The van der Waals surface area contributed by atoms with E-state index >= 15 is 0 Å². The summed E-state index contributed by atoms with van der Waals surface area (Å²) in [6.45, 7) is 6.01. The van der Waals surface area contributed by atoms with E-state index in [9.17, 15) is 9.59 Å². The van der Waals surface area contributed by atoms with Crippen LogP contribution < -0.4 is 22.1 Å². The van der Waals surface area contributed by atoms with Gasteiger partial charge in [-0.25, -0.2) is 4.79 Å². The number of hydrogen-bond acceptors (Lipinski definition) is 3. The lowest BCUT2D eigenvalue weighted by atomic mass is 9.86. The van der Waals surface area contributed by atoms with Crippen LogP contribution in [0, 0.1) is 5.41 Å². The first-order valence-electron chi connectivity index (χ1n) is 7.00. The third kappa shape index (κ3) is 4.46. The van der Waals surface area contributed by atoms with Crippen molar-refractivity contribution in [2.24, 2.45) is 16.9 Å². The second-order valence-corrected chi connectivity index (χ2v) is 5.42. The van der Waals surface area contributed by atoms with Gasteiger partial charge in [-0.05, 0) is 38.0 Å². The Kier molecular flexibility index (Phi) is 5.72. The van der Waals surface area contributed by atoms with E-state index in [4.69, 9.17) is 11.5 Å². The molecule has 0 saturated heterocycles. The minimum atomic E-state index is -0.606. The van der Waals surface area contributed by atoms with E-state index in [1.54, 1.807) is 12.1 Å². The van der Waals surface area contributed by atoms with E-state index in [-0.39, 0.29) is 11.9 Å². The normalized spacial score (nSPS) is 14.9. The summed E-state index contributed by atoms with van der Waals surface area (Å²) in [6.07, 6.45) is 0.684. The zero-order valence-electron chi connectivity index (χ0n) is 12.8. The van der Waals surface area contributed by atoms with Gasteiger partial charge in [0.1, 0.15) is 0 Å². The number of nitrogens with one attached hydrogen (secondary N) is 2. The molecule has 0 bridgehead atoms. The Morgan fingerprint density at radius 1 is 1.29 bits per heavy atom. The third-order valence-corrected chi connectivity index (χ3v) is 3.80. The Hall–Kier alpha value is -2.08. The van der Waals surface area contributed by atoms with Crippen LogP contribution in [0.1, 0.15) is 38.8 Å². The number of carbonyl (C=O) groups excluding carboxylic acids is 2. The van der Waals surface area contributed by atoms with Gasteiger partial charge in [-0.3, -0.25) is 4.79 Å². The van der Waals surface area contributed by atoms with Crippen molar-refractivity contribution in [1.29, 1.82) is 0 Å². The molecule has 0 aliphatic rings. The number of amides is 3. The van der Waals surface area contributed by atoms with Gasteiger partial charge in [0.2, 0.25) is 5.91 Å². The third-order valence-electron chi connectivity index (χ3n) is 3.80. The number of nitrogens with two attached hydrogens (primary N) is 2. The van der Waals surface area contributed by atoms with Crippen molar-refractivity contribution in [2.45, 2.75) is 33.2 Å². The van der Waals surface area contributed by atoms with Crippen LogP contribution in [-0.4, -0.2) is 18.5 Å². The predicted molar refractivity (Wildman–Crippen MR) is 83.7 cm³/mol. The Morgan fingerprint density at radius 2 is 1.86 bits per heavy atom. The van der Waals surface area contributed by atoms with Crippen LogP contribution in [0.5, 0.6) is 0 Å². The molecule has 6 nitrogen and oxygen atoms in total. The van der Waals surface area contributed by atoms with Gasteiger partial charge in [-0.1, -0.05) is 19.1 Å². The number of rotatable bonds is 6. The van der Waals surface area contributed by atoms with Crippen LogP contribution in [0.3, 0.4) is 0 Å². The fourth-order valence-electron chi connectivity index (χ4n) is 1.85. The van der Waals surface area contributed by atoms with Gasteiger partial charge in [-0.15, -0.1) is 0 Å². The molecule has 2 unspecified atom stereocenters. The van der Waals surface area contributed by atoms with E-state index in [0.717, 1.165) is 5.56 Å². The molecule has 1 rings (SSSR count). The van der Waals surface area contributed by atoms with Gasteiger partial charge in [0.25, 0.3) is 0 Å². The molecule has 1 aromatic rings. The van der Waals surface area contributed by atoms with Crippen molar-refractivity contribution in [3.8, 4) is 0 Å². The van der Waals surface area contributed by atoms with Crippen molar-refractivity contribution in [3.63, 3.8) is 0 Å². The molecule has 6 N–H and O–H groups in total. The maximum Gasteiger partial charge on any atom is 0.316 e. The van der Waals surface area contributed by atoms with E-state index < -0.39 is 11.4 Å². The molecule has 116 valence electrons. The van der Waals surface area contributed by atoms with E-state index in [1.807, 2.05) is 32.9 Å². The minimum Gasteiger partial charge on any atom is -0.351 e. The van der Waals surface area contributed by atoms with Crippen molar-refractivity contribution in [2.75, 3.05) is 11.9 Å². The second-order valence-electron chi connectivity index (χ2n) is 5.42. The van der Waals surface area contributed by atoms with Gasteiger partial charge in [0.05, 0.1) is 11.5 Å². The number of benzene rings is 1. The quantitative estimate of drug-likeness (QED) is 0.640. The zero-order valence-corrected chi connectivity index (χ0v) is 12.8. The van der Waals surface area contributed by atoms with Crippen molar-refractivity contribution >= 4 is 17.6 Å². The Labute approximate surface area is 125 Å². The maximum absolute atomic E-state index is 12.3. The molecule has 0 spiro atoms. The van der Waals surface area contributed by atoms with Crippen molar-refractivity contribution in [1.82, 2.24) is 5.32 Å². The molecular formula is C15H24N4O2. The van der Waals surface area contributed by atoms with E-state index in [0.29, 0.717) is 18.7 Å². The SMILES string of the molecule is CCC(C)(CN)C(=O)NC(C)c1ccc(NC(N)=O)cc1. The molecule has 0 heterocycles. The van der Waals surface area contributed by atoms with Crippen molar-refractivity contribution < 1.29 is 9.59 Å². The van der Waals surface area contributed by atoms with Gasteiger partial charge in [0, 0.05) is 12.2 Å². The summed E-state index contributed by atoms with van der Waals surface area (Å²) in [5.74, 6) is -0.0562. The first kappa shape index (κ1) is 17.0. The minimum absolute atomic E-state index is 0.0562. The van der Waals surface area contributed by atoms with Gasteiger partial charge < -0.3 is 22.1 Å². The molecular weight excluding hydrogens is 268 g/mol. The predicted octanol–water partition coefficient (Wildman–Crippen LogP) is 1.73. The lowest BCUT2D eigenvalue weighted by Gasteiger charge is -2.27. The largest absolute Gasteiger partial charge is 0.351 e. The fraction of sp³-hybridized carbons (Fsp3) is 0.467. The monoisotopic (exact) mass is 292 g/mol. The molecule has 3 amide bonds. The Bertz CT molecular complexity index is 495. The highest BCUT2D eigenvalue weighted by atomic mass is 16.2. The van der Waals surface area contributed by atoms with Crippen LogP contribution in [0.4, 0.5) is 10.5 Å². The van der Waals surface area contributed by atoms with Crippen LogP contribution >= 0.6 is 0 Å². The van der Waals surface area contributed by atoms with Crippen molar-refractivity contribution in [3.05, 3.63) is 29.8 Å². The maximum atomic E-state index is 12.3. The standard InChI is InChI=1S/C15H24N4O2/c1-4-15(3,9-16)13(20)18-10(2)11-5-7-12(8-6-11)19-14(17)21/h5-8,10H,4,9,16H2,1-3H3,(H,18,20)(H3,17,19,21). The molecule has 0 saturated carbocycles. The molecule has 0 aliphatic heterocycles. The molecule has 0 radical (unpaired) electrons. The first-order chi connectivity index (χ1) is 9.82.